The smallest absolute Gasteiger partial charge is 0.306 e. The van der Waals surface area contributed by atoms with Crippen LogP contribution < -0.4 is 0 Å². The fourth-order valence-electron chi connectivity index (χ4n) is 8.86. The minimum atomic E-state index is -0.529. The molecule has 1 unspecified atom stereocenters. The minimum Gasteiger partial charge on any atom is -0.457 e. The van der Waals surface area contributed by atoms with E-state index in [2.05, 4.69) is 26.0 Å². The molecule has 0 spiro atoms. The number of carbonyl (C=O) groups is 1. The molecule has 0 fully saturated rings. The minimum absolute atomic E-state index is 0.164. The number of aliphatic hydroxyl groups is 1. The second-order valence-electron chi connectivity index (χ2n) is 19.4. The number of rotatable bonds is 54. The Morgan fingerprint density at radius 1 is 0.377 bits per heavy atom. The largest absolute Gasteiger partial charge is 0.457 e. The maximum absolute atomic E-state index is 12.3. The lowest BCUT2D eigenvalue weighted by Gasteiger charge is -2.16. The normalized spacial score (nSPS) is 12.2. The number of esters is 1. The Morgan fingerprint density at radius 2 is 0.639 bits per heavy atom. The van der Waals surface area contributed by atoms with Crippen molar-refractivity contribution in [2.24, 2.45) is 0 Å². The highest BCUT2D eigenvalue weighted by Gasteiger charge is 2.13. The van der Waals surface area contributed by atoms with E-state index in [0.717, 1.165) is 19.3 Å². The summed E-state index contributed by atoms with van der Waals surface area (Å²) in [4.78, 5) is 12.3. The molecule has 0 saturated heterocycles. The summed E-state index contributed by atoms with van der Waals surface area (Å²) in [6, 6.07) is 0. The van der Waals surface area contributed by atoms with E-state index >= 15 is 0 Å². The average Bonchev–Trinajstić information content (AvgIpc) is 3.27. The monoisotopic (exact) mass is 861 g/mol. The summed E-state index contributed by atoms with van der Waals surface area (Å²) >= 11 is 0. The van der Waals surface area contributed by atoms with Crippen molar-refractivity contribution in [2.45, 2.75) is 328 Å². The van der Waals surface area contributed by atoms with Crippen molar-refractivity contribution in [3.8, 4) is 0 Å². The fraction of sp³-hybridized carbons (Fsp3) is 0.947. The van der Waals surface area contributed by atoms with Gasteiger partial charge in [0, 0.05) is 13.0 Å². The summed E-state index contributed by atoms with van der Waals surface area (Å²) < 4.78 is 11.3. The summed E-state index contributed by atoms with van der Waals surface area (Å²) in [5, 5.41) is 9.67. The van der Waals surface area contributed by atoms with Crippen LogP contribution in [-0.4, -0.2) is 37.0 Å². The van der Waals surface area contributed by atoms with Gasteiger partial charge in [-0.2, -0.15) is 0 Å². The van der Waals surface area contributed by atoms with E-state index in [4.69, 9.17) is 9.47 Å². The lowest BCUT2D eigenvalue weighted by molar-refractivity contribution is -0.154. The van der Waals surface area contributed by atoms with E-state index in [1.165, 1.54) is 283 Å². The molecule has 4 heteroatoms. The van der Waals surface area contributed by atoms with Crippen molar-refractivity contribution in [1.82, 2.24) is 0 Å². The maximum Gasteiger partial charge on any atom is 0.306 e. The topological polar surface area (TPSA) is 55.8 Å². The second kappa shape index (κ2) is 55.3. The first-order valence-corrected chi connectivity index (χ1v) is 28.3. The Kier molecular flexibility index (Phi) is 54.5. The lowest BCUT2D eigenvalue weighted by Crippen LogP contribution is -2.27. The van der Waals surface area contributed by atoms with Gasteiger partial charge < -0.3 is 14.6 Å². The Balaban J connectivity index is 3.33. The molecule has 0 bridgehead atoms. The van der Waals surface area contributed by atoms with Gasteiger partial charge in [0.25, 0.3) is 0 Å². The lowest BCUT2D eigenvalue weighted by atomic mass is 10.0. The summed E-state index contributed by atoms with van der Waals surface area (Å²) in [6.45, 7) is 5.42. The molecule has 4 nitrogen and oxygen atoms in total. The van der Waals surface area contributed by atoms with Crippen molar-refractivity contribution < 1.29 is 19.4 Å². The average molecular weight is 862 g/mol. The van der Waals surface area contributed by atoms with Crippen molar-refractivity contribution in [1.29, 1.82) is 0 Å². The highest BCUT2D eigenvalue weighted by Crippen LogP contribution is 2.17. The van der Waals surface area contributed by atoms with E-state index in [1.54, 1.807) is 0 Å². The standard InChI is InChI=1S/C57H112O4/c1-3-5-7-9-11-13-15-17-19-21-23-25-27-28-29-31-33-35-37-39-41-43-45-47-49-51-53-60-55-56(54-58)61-57(59)52-50-48-46-44-42-40-38-36-34-32-30-26-24-22-20-18-16-14-12-10-8-6-4-2/h21,23,56,58H,3-20,22,24-55H2,1-2H3/b23-21-. The SMILES string of the molecule is CCCCCCCCCC/C=C\CCCCCCCCCCCCCCCCOCC(CO)OC(=O)CCCCCCCCCCCCCCCCCCCCCCCCC. The molecule has 0 aromatic carbocycles. The number of allylic oxidation sites excluding steroid dienone is 2. The molecule has 0 aliphatic heterocycles. The van der Waals surface area contributed by atoms with E-state index in [0.29, 0.717) is 19.6 Å². The Morgan fingerprint density at radius 3 is 0.934 bits per heavy atom. The quantitative estimate of drug-likeness (QED) is 0.0376. The third-order valence-electron chi connectivity index (χ3n) is 13.1. The molecule has 0 amide bonds. The number of unbranched alkanes of at least 4 members (excludes halogenated alkanes) is 44. The third kappa shape index (κ3) is 53.4. The Labute approximate surface area is 384 Å². The number of aliphatic hydroxyl groups excluding tert-OH is 1. The Hall–Kier alpha value is -0.870. The van der Waals surface area contributed by atoms with Crippen LogP contribution in [-0.2, 0) is 14.3 Å². The van der Waals surface area contributed by atoms with Crippen LogP contribution in [0.2, 0.25) is 0 Å². The van der Waals surface area contributed by atoms with E-state index in [9.17, 15) is 9.90 Å². The van der Waals surface area contributed by atoms with E-state index in [1.807, 2.05) is 0 Å². The van der Waals surface area contributed by atoms with E-state index in [-0.39, 0.29) is 12.6 Å². The highest BCUT2D eigenvalue weighted by atomic mass is 16.6. The number of hydrogen-bond donors (Lipinski definition) is 1. The number of carbonyl (C=O) groups excluding carboxylic acids is 1. The molecule has 0 aromatic heterocycles. The predicted molar refractivity (Wildman–Crippen MR) is 270 cm³/mol. The van der Waals surface area contributed by atoms with Gasteiger partial charge >= 0.3 is 5.97 Å². The van der Waals surface area contributed by atoms with Gasteiger partial charge in [-0.15, -0.1) is 0 Å². The third-order valence-corrected chi connectivity index (χ3v) is 13.1. The van der Waals surface area contributed by atoms with Crippen LogP contribution in [0.15, 0.2) is 12.2 Å². The zero-order valence-corrected chi connectivity index (χ0v) is 42.0. The zero-order chi connectivity index (χ0) is 44.0. The van der Waals surface area contributed by atoms with E-state index < -0.39 is 6.10 Å². The highest BCUT2D eigenvalue weighted by molar-refractivity contribution is 5.69. The number of hydrogen-bond acceptors (Lipinski definition) is 4. The summed E-state index contributed by atoms with van der Waals surface area (Å²) in [6.07, 6.45) is 69.1. The molecule has 0 rings (SSSR count). The van der Waals surface area contributed by atoms with Gasteiger partial charge in [0.2, 0.25) is 0 Å². The van der Waals surface area contributed by atoms with Crippen LogP contribution in [0.1, 0.15) is 322 Å². The molecule has 364 valence electrons. The first-order chi connectivity index (χ1) is 30.2. The van der Waals surface area contributed by atoms with Crippen LogP contribution in [0.5, 0.6) is 0 Å². The van der Waals surface area contributed by atoms with Crippen LogP contribution >= 0.6 is 0 Å². The maximum atomic E-state index is 12.3. The van der Waals surface area contributed by atoms with Crippen LogP contribution in [0.4, 0.5) is 0 Å². The molecular formula is C57H112O4. The molecule has 0 aliphatic carbocycles. The van der Waals surface area contributed by atoms with Crippen molar-refractivity contribution in [3.63, 3.8) is 0 Å². The van der Waals surface area contributed by atoms with Gasteiger partial charge in [-0.25, -0.2) is 0 Å². The first kappa shape index (κ1) is 60.1. The molecular weight excluding hydrogens is 749 g/mol. The summed E-state index contributed by atoms with van der Waals surface area (Å²) in [5.41, 5.74) is 0. The summed E-state index contributed by atoms with van der Waals surface area (Å²) in [5.74, 6) is -0.191. The summed E-state index contributed by atoms with van der Waals surface area (Å²) in [7, 11) is 0. The predicted octanol–water partition coefficient (Wildman–Crippen LogP) is 19.2. The molecule has 0 aliphatic rings. The van der Waals surface area contributed by atoms with Crippen LogP contribution in [0.3, 0.4) is 0 Å². The van der Waals surface area contributed by atoms with Crippen LogP contribution in [0, 0.1) is 0 Å². The van der Waals surface area contributed by atoms with Crippen molar-refractivity contribution >= 4 is 5.97 Å². The van der Waals surface area contributed by atoms with Gasteiger partial charge in [0.05, 0.1) is 13.2 Å². The number of ether oxygens (including phenoxy) is 2. The van der Waals surface area contributed by atoms with Gasteiger partial charge in [-0.3, -0.25) is 4.79 Å². The molecule has 0 radical (unpaired) electrons. The van der Waals surface area contributed by atoms with Crippen molar-refractivity contribution in [2.75, 3.05) is 19.8 Å². The fourth-order valence-corrected chi connectivity index (χ4v) is 8.86. The van der Waals surface area contributed by atoms with Gasteiger partial charge in [-0.05, 0) is 38.5 Å². The molecule has 0 heterocycles. The van der Waals surface area contributed by atoms with Crippen molar-refractivity contribution in [3.05, 3.63) is 12.2 Å². The van der Waals surface area contributed by atoms with Crippen LogP contribution in [0.25, 0.3) is 0 Å². The van der Waals surface area contributed by atoms with Gasteiger partial charge in [0.15, 0.2) is 0 Å². The molecule has 1 N–H and O–H groups in total. The zero-order valence-electron chi connectivity index (χ0n) is 42.0. The second-order valence-corrected chi connectivity index (χ2v) is 19.4. The molecule has 61 heavy (non-hydrogen) atoms. The molecule has 1 atom stereocenters. The first-order valence-electron chi connectivity index (χ1n) is 28.3. The molecule has 0 saturated carbocycles. The Bertz CT molecular complexity index is 826. The van der Waals surface area contributed by atoms with Gasteiger partial charge in [-0.1, -0.05) is 289 Å². The molecule has 0 aromatic rings. The van der Waals surface area contributed by atoms with Gasteiger partial charge in [0.1, 0.15) is 6.10 Å².